The van der Waals surface area contributed by atoms with E-state index >= 15 is 0 Å². The summed E-state index contributed by atoms with van der Waals surface area (Å²) in [6, 6.07) is 23.7. The molecule has 0 bridgehead atoms. The predicted octanol–water partition coefficient (Wildman–Crippen LogP) is 5.12. The molecule has 4 aromatic rings. The fourth-order valence-electron chi connectivity index (χ4n) is 4.42. The fourth-order valence-corrected chi connectivity index (χ4v) is 4.42. The Bertz CT molecular complexity index is 1370. The molecule has 0 saturated carbocycles. The Kier molecular flexibility index (Phi) is 6.06. The standard InChI is InChI=1S/C28H24FN3O2/c29-25-10-8-20(16-22(25)18-33)21-9-11-27(32-14-12-30-13-15-32)26(17-21)31-28(34)24-7-3-5-19-4-1-2-6-23(19)24/h1-11,16-18,30H,12-15H2,(H,31,34). The zero-order valence-corrected chi connectivity index (χ0v) is 18.6. The third kappa shape index (κ3) is 4.28. The Morgan fingerprint density at radius 3 is 2.47 bits per heavy atom. The van der Waals surface area contributed by atoms with E-state index in [4.69, 9.17) is 0 Å². The smallest absolute Gasteiger partial charge is 0.256 e. The highest BCUT2D eigenvalue weighted by Gasteiger charge is 2.18. The van der Waals surface area contributed by atoms with Crippen molar-refractivity contribution < 1.29 is 14.0 Å². The topological polar surface area (TPSA) is 61.4 Å². The number of carbonyl (C=O) groups excluding carboxylic acids is 2. The number of piperazine rings is 1. The summed E-state index contributed by atoms with van der Waals surface area (Å²) in [5.41, 5.74) is 3.70. The quantitative estimate of drug-likeness (QED) is 0.412. The van der Waals surface area contributed by atoms with Gasteiger partial charge in [0.2, 0.25) is 0 Å². The highest BCUT2D eigenvalue weighted by Crippen LogP contribution is 2.33. The Hall–Kier alpha value is -4.03. The molecule has 1 fully saturated rings. The zero-order chi connectivity index (χ0) is 23.5. The van der Waals surface area contributed by atoms with Crippen LogP contribution in [-0.2, 0) is 0 Å². The van der Waals surface area contributed by atoms with E-state index in [1.165, 1.54) is 12.1 Å². The van der Waals surface area contributed by atoms with Gasteiger partial charge in [0, 0.05) is 31.7 Å². The lowest BCUT2D eigenvalue weighted by atomic mass is 10.0. The van der Waals surface area contributed by atoms with E-state index in [1.807, 2.05) is 60.7 Å². The number of anilines is 2. The molecule has 0 aliphatic carbocycles. The number of carbonyl (C=O) groups is 2. The van der Waals surface area contributed by atoms with Crippen LogP contribution >= 0.6 is 0 Å². The SMILES string of the molecule is O=Cc1cc(-c2ccc(N3CCNCC3)c(NC(=O)c3cccc4ccccc34)c2)ccc1F. The molecule has 34 heavy (non-hydrogen) atoms. The number of hydrogen-bond donors (Lipinski definition) is 2. The van der Waals surface area contributed by atoms with Crippen LogP contribution in [0.4, 0.5) is 15.8 Å². The molecule has 0 atom stereocenters. The molecule has 0 aromatic heterocycles. The van der Waals surface area contributed by atoms with Gasteiger partial charge in [-0.25, -0.2) is 4.39 Å². The fraction of sp³-hybridized carbons (Fsp3) is 0.143. The molecular weight excluding hydrogens is 429 g/mol. The summed E-state index contributed by atoms with van der Waals surface area (Å²) in [6.45, 7) is 3.36. The van der Waals surface area contributed by atoms with Crippen molar-refractivity contribution in [1.82, 2.24) is 5.32 Å². The average Bonchev–Trinajstić information content (AvgIpc) is 2.89. The Morgan fingerprint density at radius 2 is 1.65 bits per heavy atom. The third-order valence-electron chi connectivity index (χ3n) is 6.19. The first kappa shape index (κ1) is 21.8. The Balaban J connectivity index is 1.56. The first-order valence-electron chi connectivity index (χ1n) is 11.3. The summed E-state index contributed by atoms with van der Waals surface area (Å²) in [5, 5.41) is 8.35. The van der Waals surface area contributed by atoms with E-state index in [1.54, 1.807) is 6.07 Å². The van der Waals surface area contributed by atoms with Gasteiger partial charge >= 0.3 is 0 Å². The highest BCUT2D eigenvalue weighted by molar-refractivity contribution is 6.14. The van der Waals surface area contributed by atoms with Crippen LogP contribution in [0.15, 0.2) is 78.9 Å². The van der Waals surface area contributed by atoms with Crippen molar-refractivity contribution in [1.29, 1.82) is 0 Å². The maximum absolute atomic E-state index is 13.9. The van der Waals surface area contributed by atoms with Crippen molar-refractivity contribution in [2.24, 2.45) is 0 Å². The molecule has 2 N–H and O–H groups in total. The molecule has 1 amide bonds. The lowest BCUT2D eigenvalue weighted by Crippen LogP contribution is -2.43. The first-order chi connectivity index (χ1) is 16.6. The third-order valence-corrected chi connectivity index (χ3v) is 6.19. The number of benzene rings is 4. The summed E-state index contributed by atoms with van der Waals surface area (Å²) in [6.07, 6.45) is 0.511. The first-order valence-corrected chi connectivity index (χ1v) is 11.3. The zero-order valence-electron chi connectivity index (χ0n) is 18.6. The lowest BCUT2D eigenvalue weighted by Gasteiger charge is -2.31. The molecule has 1 saturated heterocycles. The van der Waals surface area contributed by atoms with Crippen LogP contribution in [0.25, 0.3) is 21.9 Å². The number of hydrogen-bond acceptors (Lipinski definition) is 4. The van der Waals surface area contributed by atoms with Gasteiger partial charge in [0.1, 0.15) is 5.82 Å². The lowest BCUT2D eigenvalue weighted by molar-refractivity contribution is 0.102. The van der Waals surface area contributed by atoms with Crippen LogP contribution in [0.3, 0.4) is 0 Å². The van der Waals surface area contributed by atoms with E-state index < -0.39 is 5.82 Å². The molecule has 0 unspecified atom stereocenters. The number of halogens is 1. The van der Waals surface area contributed by atoms with E-state index in [0.717, 1.165) is 48.2 Å². The number of fused-ring (bicyclic) bond motifs is 1. The van der Waals surface area contributed by atoms with Gasteiger partial charge in [-0.15, -0.1) is 0 Å². The van der Waals surface area contributed by atoms with Crippen LogP contribution in [0.2, 0.25) is 0 Å². The van der Waals surface area contributed by atoms with E-state index in [2.05, 4.69) is 15.5 Å². The van der Waals surface area contributed by atoms with Crippen LogP contribution in [-0.4, -0.2) is 38.4 Å². The molecule has 1 heterocycles. The van der Waals surface area contributed by atoms with Crippen LogP contribution < -0.4 is 15.5 Å². The van der Waals surface area contributed by atoms with Crippen molar-refractivity contribution in [3.63, 3.8) is 0 Å². The van der Waals surface area contributed by atoms with Crippen molar-refractivity contribution in [3.05, 3.63) is 95.8 Å². The minimum Gasteiger partial charge on any atom is -0.367 e. The van der Waals surface area contributed by atoms with E-state index in [0.29, 0.717) is 23.1 Å². The molecule has 0 radical (unpaired) electrons. The molecule has 6 heteroatoms. The second kappa shape index (κ2) is 9.45. The van der Waals surface area contributed by atoms with Crippen molar-refractivity contribution in [2.75, 3.05) is 36.4 Å². The molecule has 1 aliphatic rings. The van der Waals surface area contributed by atoms with Gasteiger partial charge in [-0.05, 0) is 52.2 Å². The Labute approximate surface area is 197 Å². The normalized spacial score (nSPS) is 13.6. The van der Waals surface area contributed by atoms with Gasteiger partial charge in [-0.3, -0.25) is 9.59 Å². The van der Waals surface area contributed by atoms with E-state index in [9.17, 15) is 14.0 Å². The van der Waals surface area contributed by atoms with Crippen molar-refractivity contribution in [2.45, 2.75) is 0 Å². The maximum Gasteiger partial charge on any atom is 0.256 e. The predicted molar refractivity (Wildman–Crippen MR) is 134 cm³/mol. The number of amides is 1. The molecule has 0 spiro atoms. The number of nitrogens with one attached hydrogen (secondary N) is 2. The van der Waals surface area contributed by atoms with Gasteiger partial charge in [-0.1, -0.05) is 48.5 Å². The van der Waals surface area contributed by atoms with Gasteiger partial charge in [-0.2, -0.15) is 0 Å². The molecular formula is C28H24FN3O2. The number of nitrogens with zero attached hydrogens (tertiary/aromatic N) is 1. The summed E-state index contributed by atoms with van der Waals surface area (Å²) in [4.78, 5) is 26.9. The Morgan fingerprint density at radius 1 is 0.912 bits per heavy atom. The van der Waals surface area contributed by atoms with Crippen LogP contribution in [0.1, 0.15) is 20.7 Å². The van der Waals surface area contributed by atoms with Crippen LogP contribution in [0.5, 0.6) is 0 Å². The molecule has 1 aliphatic heterocycles. The second-order valence-corrected chi connectivity index (χ2v) is 8.30. The molecule has 170 valence electrons. The van der Waals surface area contributed by atoms with Gasteiger partial charge in [0.05, 0.1) is 16.9 Å². The summed E-state index contributed by atoms with van der Waals surface area (Å²) in [7, 11) is 0. The summed E-state index contributed by atoms with van der Waals surface area (Å²) in [5.74, 6) is -0.751. The second-order valence-electron chi connectivity index (χ2n) is 8.30. The molecule has 5 rings (SSSR count). The molecule has 4 aromatic carbocycles. The maximum atomic E-state index is 13.9. The monoisotopic (exact) mass is 453 g/mol. The van der Waals surface area contributed by atoms with Crippen molar-refractivity contribution in [3.8, 4) is 11.1 Å². The van der Waals surface area contributed by atoms with Crippen molar-refractivity contribution >= 4 is 34.3 Å². The van der Waals surface area contributed by atoms with Crippen LogP contribution in [0, 0.1) is 5.82 Å². The summed E-state index contributed by atoms with van der Waals surface area (Å²) < 4.78 is 13.9. The largest absolute Gasteiger partial charge is 0.367 e. The van der Waals surface area contributed by atoms with Gasteiger partial charge in [0.15, 0.2) is 6.29 Å². The van der Waals surface area contributed by atoms with E-state index in [-0.39, 0.29) is 11.5 Å². The number of aldehydes is 1. The van der Waals surface area contributed by atoms with Gasteiger partial charge in [0.25, 0.3) is 5.91 Å². The van der Waals surface area contributed by atoms with Gasteiger partial charge < -0.3 is 15.5 Å². The average molecular weight is 454 g/mol. The minimum absolute atomic E-state index is 0.00465. The molecule has 5 nitrogen and oxygen atoms in total. The minimum atomic E-state index is -0.555. The highest BCUT2D eigenvalue weighted by atomic mass is 19.1. The number of rotatable bonds is 5. The summed E-state index contributed by atoms with van der Waals surface area (Å²) >= 11 is 0.